The summed E-state index contributed by atoms with van der Waals surface area (Å²) in [5, 5.41) is 0.408. The third kappa shape index (κ3) is 6.59. The molecule has 266 valence electrons. The fourth-order valence-electron chi connectivity index (χ4n) is 8.91. The smallest absolute Gasteiger partial charge is 0.262 e. The van der Waals surface area contributed by atoms with E-state index < -0.39 is 15.3 Å². The summed E-state index contributed by atoms with van der Waals surface area (Å²) in [5.74, 6) is 5.02. The second-order valence-corrected chi connectivity index (χ2v) is 18.2. The Bertz CT molecular complexity index is 1910. The molecule has 1 amide bonds. The summed E-state index contributed by atoms with van der Waals surface area (Å²) in [6.07, 6.45) is 12.8. The maximum atomic E-state index is 14.0. The number of anilines is 1. The van der Waals surface area contributed by atoms with Gasteiger partial charge in [0.25, 0.3) is 5.91 Å². The summed E-state index contributed by atoms with van der Waals surface area (Å²) < 4.78 is 30.1. The van der Waals surface area contributed by atoms with Crippen molar-refractivity contribution >= 4 is 38.8 Å². The number of nitrogens with zero attached hydrogens (tertiary/aromatic N) is 2. The number of benzene rings is 2. The van der Waals surface area contributed by atoms with Crippen molar-refractivity contribution in [2.75, 3.05) is 31.7 Å². The third-order valence-corrected chi connectivity index (χ3v) is 14.6. The molecule has 0 radical (unpaired) electrons. The number of carbonyl (C=O) groups is 1. The highest BCUT2D eigenvalue weighted by molar-refractivity contribution is 7.99. The molecule has 4 aliphatic rings. The van der Waals surface area contributed by atoms with E-state index in [1.807, 2.05) is 44.5 Å². The van der Waals surface area contributed by atoms with Crippen LogP contribution in [0.1, 0.15) is 78.7 Å². The van der Waals surface area contributed by atoms with Gasteiger partial charge in [-0.1, -0.05) is 36.7 Å². The molecule has 2 bridgehead atoms. The van der Waals surface area contributed by atoms with E-state index in [1.165, 1.54) is 16.7 Å². The summed E-state index contributed by atoms with van der Waals surface area (Å²) in [6.45, 7) is 8.17. The fraction of sp³-hybridized carbons (Fsp3) is 0.488. The fourth-order valence-corrected chi connectivity index (χ4v) is 10.6. The van der Waals surface area contributed by atoms with E-state index in [1.54, 1.807) is 6.07 Å². The quantitative estimate of drug-likeness (QED) is 0.223. The van der Waals surface area contributed by atoms with Gasteiger partial charge in [-0.15, -0.1) is 0 Å². The average Bonchev–Trinajstić information content (AvgIpc) is 3.22. The second-order valence-electron chi connectivity index (χ2n) is 15.4. The highest BCUT2D eigenvalue weighted by Gasteiger charge is 2.49. The summed E-state index contributed by atoms with van der Waals surface area (Å²) in [7, 11) is -1.13. The van der Waals surface area contributed by atoms with E-state index in [4.69, 9.17) is 26.1 Å². The average molecular weight is 716 g/mol. The number of methoxy groups -OCH3 is 1. The first kappa shape index (κ1) is 35.1. The Hall–Kier alpha value is -3.33. The summed E-state index contributed by atoms with van der Waals surface area (Å²) >= 11 is 6.50. The van der Waals surface area contributed by atoms with Crippen LogP contribution in [0.3, 0.4) is 0 Å². The number of carbonyl (C=O) groups excluding carboxylic acids is 1. The monoisotopic (exact) mass is 715 g/mol. The first-order chi connectivity index (χ1) is 23.9. The molecule has 1 spiro atoms. The zero-order valence-corrected chi connectivity index (χ0v) is 31.3. The molecule has 1 unspecified atom stereocenters. The number of hydrogen-bond acceptors (Lipinski definition) is 6. The third-order valence-electron chi connectivity index (χ3n) is 12.2. The highest BCUT2D eigenvalue weighted by atomic mass is 35.5. The molecule has 2 aromatic carbocycles. The van der Waals surface area contributed by atoms with E-state index in [-0.39, 0.29) is 28.4 Å². The number of nitrogens with one attached hydrogen (secondary N) is 1. The number of pyridine rings is 1. The van der Waals surface area contributed by atoms with Crippen molar-refractivity contribution in [2.45, 2.75) is 82.0 Å². The predicted molar refractivity (Wildman–Crippen MR) is 204 cm³/mol. The van der Waals surface area contributed by atoms with E-state index >= 15 is 0 Å². The van der Waals surface area contributed by atoms with Gasteiger partial charge in [0.2, 0.25) is 0 Å². The van der Waals surface area contributed by atoms with Crippen LogP contribution in [0.2, 0.25) is 5.02 Å². The van der Waals surface area contributed by atoms with Crippen LogP contribution in [-0.4, -0.2) is 58.6 Å². The van der Waals surface area contributed by atoms with Crippen LogP contribution in [0.25, 0.3) is 0 Å². The van der Waals surface area contributed by atoms with Crippen LogP contribution in [-0.2, 0) is 32.7 Å². The van der Waals surface area contributed by atoms with Crippen molar-refractivity contribution < 1.29 is 18.5 Å². The van der Waals surface area contributed by atoms with Crippen LogP contribution < -0.4 is 14.4 Å². The van der Waals surface area contributed by atoms with Crippen molar-refractivity contribution in [1.29, 1.82) is 0 Å². The molecule has 1 aromatic heterocycles. The molecule has 7 nitrogen and oxygen atoms in total. The molecule has 9 heteroatoms. The lowest BCUT2D eigenvalue weighted by atomic mass is 9.62. The molecule has 1 N–H and O–H groups in total. The SMILES string of the molecule is C=S1(=O)NC(=O)c2ccc3c(c2)N(C[C@@H]2CC[C@H]2[C@@](Cc2cc(C)ccn2)(OC)/C=C/C[C@H](C)[C@H]1C)C[C@@]1(CCCc2cc(Cl)ccc21)CO3. The number of aromatic nitrogens is 1. The number of ether oxygens (including phenoxy) is 2. The van der Waals surface area contributed by atoms with Crippen LogP contribution in [0.5, 0.6) is 5.75 Å². The van der Waals surface area contributed by atoms with Crippen molar-refractivity contribution in [3.05, 3.63) is 99.9 Å². The zero-order chi connectivity index (χ0) is 35.3. The molecule has 3 heterocycles. The number of amides is 1. The lowest BCUT2D eigenvalue weighted by Crippen LogP contribution is -2.54. The van der Waals surface area contributed by atoms with E-state index in [9.17, 15) is 9.00 Å². The lowest BCUT2D eigenvalue weighted by molar-refractivity contribution is -0.0751. The van der Waals surface area contributed by atoms with Crippen LogP contribution >= 0.6 is 11.6 Å². The molecular formula is C41H50ClN3O4S. The Morgan fingerprint density at radius 2 is 2.00 bits per heavy atom. The molecule has 50 heavy (non-hydrogen) atoms. The minimum Gasteiger partial charge on any atom is -0.490 e. The van der Waals surface area contributed by atoms with Gasteiger partial charge in [-0.25, -0.2) is 4.21 Å². The Balaban J connectivity index is 1.34. The first-order valence-electron chi connectivity index (χ1n) is 18.1. The summed E-state index contributed by atoms with van der Waals surface area (Å²) in [6, 6.07) is 16.1. The number of halogens is 1. The molecule has 7 atom stereocenters. The Morgan fingerprint density at radius 1 is 1.16 bits per heavy atom. The summed E-state index contributed by atoms with van der Waals surface area (Å²) in [4.78, 5) is 21.0. The maximum Gasteiger partial charge on any atom is 0.262 e. The molecule has 3 aromatic rings. The zero-order valence-electron chi connectivity index (χ0n) is 29.8. The summed E-state index contributed by atoms with van der Waals surface area (Å²) in [5.41, 5.74) is 5.32. The molecule has 1 saturated carbocycles. The minimum absolute atomic E-state index is 0.00803. The normalized spacial score (nSPS) is 33.2. The molecule has 7 rings (SSSR count). The van der Waals surface area contributed by atoms with Gasteiger partial charge in [-0.05, 0) is 135 Å². The van der Waals surface area contributed by atoms with Gasteiger partial charge in [0.1, 0.15) is 5.75 Å². The largest absolute Gasteiger partial charge is 0.490 e. The van der Waals surface area contributed by atoms with Gasteiger partial charge in [0.05, 0.1) is 27.6 Å². The van der Waals surface area contributed by atoms with Gasteiger partial charge in [0, 0.05) is 59.8 Å². The lowest BCUT2D eigenvalue weighted by Gasteiger charge is -2.50. The van der Waals surface area contributed by atoms with Gasteiger partial charge in [-0.2, -0.15) is 0 Å². The van der Waals surface area contributed by atoms with Crippen molar-refractivity contribution in [1.82, 2.24) is 9.71 Å². The van der Waals surface area contributed by atoms with Gasteiger partial charge >= 0.3 is 0 Å². The van der Waals surface area contributed by atoms with Crippen LogP contribution in [0, 0.1) is 24.7 Å². The van der Waals surface area contributed by atoms with Crippen molar-refractivity contribution in [2.24, 2.45) is 17.8 Å². The Kier molecular flexibility index (Phi) is 9.59. The van der Waals surface area contributed by atoms with Crippen LogP contribution in [0.15, 0.2) is 66.9 Å². The standard InChI is InChI=1S/C41H50ClN3O4S/c1-27-16-19-43-34(20-27)23-41(48-4)18-6-8-28(2)29(3)50(5,47)44-39(46)31-11-15-38-37(22-31)45(24-32-10-13-36(32)41)25-40(26-49-38)17-7-9-30-21-33(42)12-14-35(30)40/h6,11-12,14-16,18-22,28-29,32,36H,5,7-10,13,17,23-26H2,1-4H3,(H,44,46,47)/b18-6+/t28-,29+,32-,36+,40-,41+,50?/m0/s1. The second kappa shape index (κ2) is 13.7. The highest BCUT2D eigenvalue weighted by Crippen LogP contribution is 2.49. The van der Waals surface area contributed by atoms with E-state index in [2.05, 4.69) is 59.7 Å². The molecule has 1 fully saturated rings. The number of rotatable bonds is 3. The molecular weight excluding hydrogens is 666 g/mol. The molecule has 2 aliphatic carbocycles. The first-order valence-corrected chi connectivity index (χ1v) is 20.2. The molecule has 2 aliphatic heterocycles. The van der Waals surface area contributed by atoms with Crippen LogP contribution in [0.4, 0.5) is 5.69 Å². The van der Waals surface area contributed by atoms with Gasteiger partial charge < -0.3 is 14.4 Å². The van der Waals surface area contributed by atoms with Crippen molar-refractivity contribution in [3.63, 3.8) is 0 Å². The maximum absolute atomic E-state index is 14.0. The molecule has 0 saturated heterocycles. The van der Waals surface area contributed by atoms with Gasteiger partial charge in [-0.3, -0.25) is 14.5 Å². The Labute approximate surface area is 302 Å². The van der Waals surface area contributed by atoms with E-state index in [0.29, 0.717) is 30.9 Å². The Morgan fingerprint density at radius 3 is 2.76 bits per heavy atom. The number of hydrogen-bond donors (Lipinski definition) is 1. The number of fused-ring (bicyclic) bond motifs is 4. The predicted octanol–water partition coefficient (Wildman–Crippen LogP) is 7.52. The van der Waals surface area contributed by atoms with E-state index in [0.717, 1.165) is 67.3 Å². The minimum atomic E-state index is -2.96. The number of aryl methyl sites for hydroxylation is 2. The topological polar surface area (TPSA) is 80.8 Å². The van der Waals surface area contributed by atoms with Gasteiger partial charge in [0.15, 0.2) is 0 Å². The van der Waals surface area contributed by atoms with Crippen molar-refractivity contribution in [3.8, 4) is 5.75 Å². The number of allylic oxidation sites excluding steroid dienone is 1.